The molecule has 1 rings (SSSR count). The van der Waals surface area contributed by atoms with Crippen molar-refractivity contribution in [2.24, 2.45) is 0 Å². The van der Waals surface area contributed by atoms with E-state index >= 15 is 0 Å². The zero-order valence-corrected chi connectivity index (χ0v) is 10.1. The van der Waals surface area contributed by atoms with Gasteiger partial charge in [-0.1, -0.05) is 0 Å². The summed E-state index contributed by atoms with van der Waals surface area (Å²) in [6.45, 7) is 4.93. The van der Waals surface area contributed by atoms with Crippen LogP contribution in [0, 0.1) is 11.3 Å². The van der Waals surface area contributed by atoms with Gasteiger partial charge in [0.25, 0.3) is 5.91 Å². The molecule has 0 saturated heterocycles. The second-order valence-electron chi connectivity index (χ2n) is 3.67. The molecule has 17 heavy (non-hydrogen) atoms. The van der Waals surface area contributed by atoms with Gasteiger partial charge in [-0.05, 0) is 38.1 Å². The lowest BCUT2D eigenvalue weighted by Gasteiger charge is -2.12. The predicted molar refractivity (Wildman–Crippen MR) is 64.6 cm³/mol. The molecular formula is C13H16N2O2. The molecule has 4 heteroatoms. The number of benzene rings is 1. The van der Waals surface area contributed by atoms with E-state index in [-0.39, 0.29) is 12.0 Å². The summed E-state index contributed by atoms with van der Waals surface area (Å²) in [6.07, 6.45) is 0.00216. The van der Waals surface area contributed by atoms with Crippen LogP contribution in [-0.2, 0) is 4.74 Å². The van der Waals surface area contributed by atoms with Crippen LogP contribution in [0.15, 0.2) is 24.3 Å². The number of amides is 1. The number of nitrogens with one attached hydrogen (secondary N) is 1. The molecule has 0 spiro atoms. The molecule has 0 aliphatic carbocycles. The van der Waals surface area contributed by atoms with Crippen molar-refractivity contribution in [3.05, 3.63) is 35.4 Å². The Morgan fingerprint density at radius 1 is 1.47 bits per heavy atom. The Morgan fingerprint density at radius 2 is 2.12 bits per heavy atom. The van der Waals surface area contributed by atoms with Gasteiger partial charge in [0.15, 0.2) is 0 Å². The zero-order chi connectivity index (χ0) is 12.7. The van der Waals surface area contributed by atoms with E-state index in [4.69, 9.17) is 10.00 Å². The van der Waals surface area contributed by atoms with Crippen molar-refractivity contribution < 1.29 is 9.53 Å². The van der Waals surface area contributed by atoms with Crippen molar-refractivity contribution in [3.63, 3.8) is 0 Å². The molecule has 0 aliphatic rings. The van der Waals surface area contributed by atoms with E-state index in [9.17, 15) is 4.79 Å². The first-order chi connectivity index (χ1) is 8.17. The second-order valence-corrected chi connectivity index (χ2v) is 3.67. The second kappa shape index (κ2) is 6.66. The average molecular weight is 232 g/mol. The van der Waals surface area contributed by atoms with Crippen molar-refractivity contribution in [1.82, 2.24) is 5.32 Å². The molecule has 0 aliphatic heterocycles. The number of hydrogen-bond donors (Lipinski definition) is 1. The summed E-state index contributed by atoms with van der Waals surface area (Å²) >= 11 is 0. The SMILES string of the molecule is CCOC(C)CNC(=O)c1ccc(C#N)cc1. The van der Waals surface area contributed by atoms with Crippen LogP contribution in [0.3, 0.4) is 0 Å². The topological polar surface area (TPSA) is 62.1 Å². The highest BCUT2D eigenvalue weighted by molar-refractivity contribution is 5.94. The zero-order valence-electron chi connectivity index (χ0n) is 10.1. The van der Waals surface area contributed by atoms with E-state index in [1.165, 1.54) is 0 Å². The maximum absolute atomic E-state index is 11.7. The summed E-state index contributed by atoms with van der Waals surface area (Å²) in [5.74, 6) is -0.152. The third-order valence-corrected chi connectivity index (χ3v) is 2.28. The van der Waals surface area contributed by atoms with Crippen LogP contribution in [0.2, 0.25) is 0 Å². The van der Waals surface area contributed by atoms with Crippen molar-refractivity contribution in [3.8, 4) is 6.07 Å². The van der Waals surface area contributed by atoms with Gasteiger partial charge in [-0.3, -0.25) is 4.79 Å². The number of hydrogen-bond acceptors (Lipinski definition) is 3. The molecule has 1 unspecified atom stereocenters. The molecule has 0 saturated carbocycles. The minimum absolute atomic E-state index is 0.00216. The molecule has 4 nitrogen and oxygen atoms in total. The number of ether oxygens (including phenoxy) is 1. The molecule has 90 valence electrons. The highest BCUT2D eigenvalue weighted by atomic mass is 16.5. The Hall–Kier alpha value is -1.86. The van der Waals surface area contributed by atoms with Crippen LogP contribution in [0.5, 0.6) is 0 Å². The number of rotatable bonds is 5. The fraction of sp³-hybridized carbons (Fsp3) is 0.385. The van der Waals surface area contributed by atoms with E-state index in [0.29, 0.717) is 24.3 Å². The first-order valence-corrected chi connectivity index (χ1v) is 5.57. The van der Waals surface area contributed by atoms with Gasteiger partial charge < -0.3 is 10.1 Å². The van der Waals surface area contributed by atoms with Crippen LogP contribution in [-0.4, -0.2) is 25.2 Å². The van der Waals surface area contributed by atoms with Gasteiger partial charge in [-0.2, -0.15) is 5.26 Å². The van der Waals surface area contributed by atoms with Gasteiger partial charge in [0.2, 0.25) is 0 Å². The first kappa shape index (κ1) is 13.2. The van der Waals surface area contributed by atoms with E-state index in [0.717, 1.165) is 0 Å². The Bertz CT molecular complexity index is 406. The first-order valence-electron chi connectivity index (χ1n) is 5.57. The fourth-order valence-electron chi connectivity index (χ4n) is 1.38. The van der Waals surface area contributed by atoms with E-state index in [1.54, 1.807) is 24.3 Å². The van der Waals surface area contributed by atoms with Gasteiger partial charge in [0.1, 0.15) is 0 Å². The predicted octanol–water partition coefficient (Wildman–Crippen LogP) is 1.71. The van der Waals surface area contributed by atoms with E-state index in [2.05, 4.69) is 5.32 Å². The standard InChI is InChI=1S/C13H16N2O2/c1-3-17-10(2)9-15-13(16)12-6-4-11(8-14)5-7-12/h4-7,10H,3,9H2,1-2H3,(H,15,16). The Balaban J connectivity index is 2.50. The van der Waals surface area contributed by atoms with Crippen molar-refractivity contribution in [2.45, 2.75) is 20.0 Å². The summed E-state index contributed by atoms with van der Waals surface area (Å²) < 4.78 is 5.31. The van der Waals surface area contributed by atoms with Gasteiger partial charge in [0.05, 0.1) is 17.7 Å². The lowest BCUT2D eigenvalue weighted by Crippen LogP contribution is -2.32. The monoisotopic (exact) mass is 232 g/mol. The molecular weight excluding hydrogens is 216 g/mol. The van der Waals surface area contributed by atoms with Gasteiger partial charge >= 0.3 is 0 Å². The largest absolute Gasteiger partial charge is 0.377 e. The van der Waals surface area contributed by atoms with Gasteiger partial charge in [-0.15, -0.1) is 0 Å². The lowest BCUT2D eigenvalue weighted by molar-refractivity contribution is 0.0695. The summed E-state index contributed by atoms with van der Waals surface area (Å²) in [5, 5.41) is 11.4. The van der Waals surface area contributed by atoms with Crippen LogP contribution in [0.1, 0.15) is 29.8 Å². The molecule has 0 radical (unpaired) electrons. The third-order valence-electron chi connectivity index (χ3n) is 2.28. The number of carbonyl (C=O) groups excluding carboxylic acids is 1. The number of carbonyl (C=O) groups is 1. The smallest absolute Gasteiger partial charge is 0.251 e. The molecule has 1 aromatic carbocycles. The van der Waals surface area contributed by atoms with Crippen molar-refractivity contribution in [1.29, 1.82) is 5.26 Å². The number of nitriles is 1. The van der Waals surface area contributed by atoms with Crippen molar-refractivity contribution >= 4 is 5.91 Å². The molecule has 1 amide bonds. The maximum atomic E-state index is 11.7. The molecule has 0 bridgehead atoms. The highest BCUT2D eigenvalue weighted by Gasteiger charge is 2.07. The normalized spacial score (nSPS) is 11.6. The van der Waals surface area contributed by atoms with E-state index in [1.807, 2.05) is 19.9 Å². The molecule has 0 fully saturated rings. The average Bonchev–Trinajstić information content (AvgIpc) is 2.36. The van der Waals surface area contributed by atoms with Crippen LogP contribution in [0.25, 0.3) is 0 Å². The minimum Gasteiger partial charge on any atom is -0.377 e. The molecule has 1 atom stereocenters. The summed E-state index contributed by atoms with van der Waals surface area (Å²) in [6, 6.07) is 8.54. The Morgan fingerprint density at radius 3 is 2.65 bits per heavy atom. The van der Waals surface area contributed by atoms with Crippen LogP contribution in [0.4, 0.5) is 0 Å². The highest BCUT2D eigenvalue weighted by Crippen LogP contribution is 2.03. The molecule has 0 heterocycles. The Labute approximate surface area is 101 Å². The minimum atomic E-state index is -0.152. The lowest BCUT2D eigenvalue weighted by atomic mass is 10.1. The maximum Gasteiger partial charge on any atom is 0.251 e. The summed E-state index contributed by atoms with van der Waals surface area (Å²) in [5.41, 5.74) is 1.09. The quantitative estimate of drug-likeness (QED) is 0.840. The van der Waals surface area contributed by atoms with E-state index < -0.39 is 0 Å². The number of nitrogens with zero attached hydrogens (tertiary/aromatic N) is 1. The van der Waals surface area contributed by atoms with Crippen LogP contribution < -0.4 is 5.32 Å². The van der Waals surface area contributed by atoms with Gasteiger partial charge in [0, 0.05) is 18.7 Å². The molecule has 1 N–H and O–H groups in total. The third kappa shape index (κ3) is 4.25. The summed E-state index contributed by atoms with van der Waals surface area (Å²) in [4.78, 5) is 11.7. The summed E-state index contributed by atoms with van der Waals surface area (Å²) in [7, 11) is 0. The van der Waals surface area contributed by atoms with Gasteiger partial charge in [-0.25, -0.2) is 0 Å². The molecule has 1 aromatic rings. The fourth-order valence-corrected chi connectivity index (χ4v) is 1.38. The molecule has 0 aromatic heterocycles. The van der Waals surface area contributed by atoms with Crippen molar-refractivity contribution in [2.75, 3.05) is 13.2 Å². The Kier molecular flexibility index (Phi) is 5.18. The van der Waals surface area contributed by atoms with Crippen LogP contribution >= 0.6 is 0 Å².